The van der Waals surface area contributed by atoms with Crippen molar-refractivity contribution in [2.45, 2.75) is 0 Å². The number of fused-ring (bicyclic) bond motifs is 1. The van der Waals surface area contributed by atoms with E-state index < -0.39 is 26.1 Å². The van der Waals surface area contributed by atoms with Gasteiger partial charge in [0.2, 0.25) is 0 Å². The highest BCUT2D eigenvalue weighted by molar-refractivity contribution is 7.80. The largest absolute Gasteiger partial charge is 0.467 e. The van der Waals surface area contributed by atoms with Crippen LogP contribution in [0.2, 0.25) is 0 Å². The van der Waals surface area contributed by atoms with Crippen molar-refractivity contribution in [2.75, 3.05) is 14.1 Å². The van der Waals surface area contributed by atoms with Crippen LogP contribution in [0.5, 0.6) is 0 Å². The molecule has 1 heterocycles. The standard InChI is InChI=1S/C10H10N2O5S/c1-11(2)12(18(15,16)17)9(13)7-5-3-4-6-8(7)10(12)14/h3-6H,1-2H3/p+1. The summed E-state index contributed by atoms with van der Waals surface area (Å²) in [5.41, 5.74) is -0.0392. The van der Waals surface area contributed by atoms with Gasteiger partial charge in [-0.1, -0.05) is 12.1 Å². The molecule has 1 aromatic carbocycles. The summed E-state index contributed by atoms with van der Waals surface area (Å²) < 4.78 is 30.6. The van der Waals surface area contributed by atoms with Gasteiger partial charge in [-0.25, -0.2) is 14.1 Å². The van der Waals surface area contributed by atoms with E-state index in [-0.39, 0.29) is 11.1 Å². The lowest BCUT2D eigenvalue weighted by Gasteiger charge is -2.28. The quantitative estimate of drug-likeness (QED) is 0.465. The number of amides is 2. The number of quaternary nitrogens is 1. The predicted octanol–water partition coefficient (Wildman–Crippen LogP) is 0.0768. The van der Waals surface area contributed by atoms with Crippen molar-refractivity contribution in [3.8, 4) is 0 Å². The van der Waals surface area contributed by atoms with Crippen molar-refractivity contribution in [1.29, 1.82) is 0 Å². The predicted molar refractivity (Wildman–Crippen MR) is 60.6 cm³/mol. The fourth-order valence-electron chi connectivity index (χ4n) is 2.05. The van der Waals surface area contributed by atoms with Crippen molar-refractivity contribution in [1.82, 2.24) is 5.01 Å². The van der Waals surface area contributed by atoms with Crippen LogP contribution in [0.25, 0.3) is 0 Å². The molecule has 96 valence electrons. The Hall–Kier alpha value is -1.61. The summed E-state index contributed by atoms with van der Waals surface area (Å²) in [6.45, 7) is 0. The molecule has 2 rings (SSSR count). The van der Waals surface area contributed by atoms with Gasteiger partial charge in [0.25, 0.3) is 0 Å². The molecule has 0 aliphatic carbocycles. The average Bonchev–Trinajstić information content (AvgIpc) is 2.49. The van der Waals surface area contributed by atoms with E-state index in [1.165, 1.54) is 38.4 Å². The second-order valence-electron chi connectivity index (χ2n) is 4.03. The smallest absolute Gasteiger partial charge is 0.239 e. The maximum absolute atomic E-state index is 12.2. The van der Waals surface area contributed by atoms with Crippen LogP contribution in [0.15, 0.2) is 24.3 Å². The molecule has 0 saturated carbocycles. The second kappa shape index (κ2) is 3.69. The van der Waals surface area contributed by atoms with Crippen molar-refractivity contribution in [3.05, 3.63) is 35.4 Å². The lowest BCUT2D eigenvalue weighted by atomic mass is 10.1. The van der Waals surface area contributed by atoms with Gasteiger partial charge in [-0.2, -0.15) is 0 Å². The van der Waals surface area contributed by atoms with Crippen molar-refractivity contribution in [3.63, 3.8) is 0 Å². The van der Waals surface area contributed by atoms with Crippen molar-refractivity contribution < 1.29 is 26.6 Å². The monoisotopic (exact) mass is 271 g/mol. The first-order valence-electron chi connectivity index (χ1n) is 4.98. The molecule has 18 heavy (non-hydrogen) atoms. The number of carbonyl (C=O) groups excluding carboxylic acids is 2. The van der Waals surface area contributed by atoms with Gasteiger partial charge >= 0.3 is 22.1 Å². The zero-order valence-corrected chi connectivity index (χ0v) is 10.5. The molecule has 0 fully saturated rings. The molecule has 0 spiro atoms. The summed E-state index contributed by atoms with van der Waals surface area (Å²) in [5, 5.41) is 0.861. The molecule has 0 radical (unpaired) electrons. The molecule has 1 aromatic rings. The van der Waals surface area contributed by atoms with Gasteiger partial charge in [0, 0.05) is 18.1 Å². The topological polar surface area (TPSA) is 91.8 Å². The van der Waals surface area contributed by atoms with E-state index in [0.717, 1.165) is 5.01 Å². The summed E-state index contributed by atoms with van der Waals surface area (Å²) >= 11 is 0. The third-order valence-electron chi connectivity index (χ3n) is 2.84. The summed E-state index contributed by atoms with van der Waals surface area (Å²) in [7, 11) is -2.50. The molecule has 0 unspecified atom stereocenters. The average molecular weight is 271 g/mol. The van der Waals surface area contributed by atoms with Crippen LogP contribution >= 0.6 is 0 Å². The van der Waals surface area contributed by atoms with Gasteiger partial charge in [0.1, 0.15) is 11.1 Å². The number of carbonyl (C=O) groups is 2. The maximum Gasteiger partial charge on any atom is 0.467 e. The normalized spacial score (nSPS) is 18.2. The van der Waals surface area contributed by atoms with Crippen LogP contribution in [-0.4, -0.2) is 47.9 Å². The fraction of sp³-hybridized carbons (Fsp3) is 0.200. The lowest BCUT2D eigenvalue weighted by Crippen LogP contribution is -2.64. The highest BCUT2D eigenvalue weighted by atomic mass is 32.2. The number of nitrogens with zero attached hydrogens (tertiary/aromatic N) is 2. The Bertz CT molecular complexity index is 615. The van der Waals surface area contributed by atoms with Gasteiger partial charge < -0.3 is 0 Å². The Labute approximate surface area is 104 Å². The SMILES string of the molecule is CN(C)[N+]1(S(=O)(=O)O)C(=O)c2ccccc2C1=O. The van der Waals surface area contributed by atoms with E-state index in [1.807, 2.05) is 0 Å². The van der Waals surface area contributed by atoms with E-state index in [1.54, 1.807) is 0 Å². The zero-order valence-electron chi connectivity index (χ0n) is 9.69. The minimum absolute atomic E-state index is 0.0196. The van der Waals surface area contributed by atoms with Crippen LogP contribution in [0.3, 0.4) is 0 Å². The third-order valence-corrected chi connectivity index (χ3v) is 4.16. The second-order valence-corrected chi connectivity index (χ2v) is 5.45. The molecule has 0 bridgehead atoms. The number of imide groups is 1. The summed E-state index contributed by atoms with van der Waals surface area (Å²) in [6.07, 6.45) is 0. The Balaban J connectivity index is 2.84. The maximum atomic E-state index is 12.2. The molecule has 2 amide bonds. The summed E-state index contributed by atoms with van der Waals surface area (Å²) in [5.74, 6) is -1.97. The van der Waals surface area contributed by atoms with Crippen molar-refractivity contribution in [2.24, 2.45) is 0 Å². The molecule has 8 heteroatoms. The molecule has 0 aromatic heterocycles. The molecule has 7 nitrogen and oxygen atoms in total. The minimum Gasteiger partial charge on any atom is -0.239 e. The summed E-state index contributed by atoms with van der Waals surface area (Å²) in [4.78, 5) is 24.4. The molecule has 0 atom stereocenters. The Kier molecular flexibility index (Phi) is 2.63. The lowest BCUT2D eigenvalue weighted by molar-refractivity contribution is -0.769. The third kappa shape index (κ3) is 1.31. The molecule has 1 aliphatic heterocycles. The minimum atomic E-state index is -4.97. The number of hydrogen-bond donors (Lipinski definition) is 1. The molecule has 0 saturated heterocycles. The molecule has 1 aliphatic rings. The molecule has 1 N–H and O–H groups in total. The van der Waals surface area contributed by atoms with E-state index in [4.69, 9.17) is 0 Å². The first-order chi connectivity index (χ1) is 8.24. The number of hydrogen-bond acceptors (Lipinski definition) is 5. The zero-order chi connectivity index (χ0) is 13.7. The summed E-state index contributed by atoms with van der Waals surface area (Å²) in [6, 6.07) is 5.74. The van der Waals surface area contributed by atoms with Gasteiger partial charge in [-0.05, 0) is 12.1 Å². The Morgan fingerprint density at radius 1 is 1.06 bits per heavy atom. The Morgan fingerprint density at radius 2 is 1.44 bits per heavy atom. The highest BCUT2D eigenvalue weighted by Crippen LogP contribution is 2.33. The van der Waals surface area contributed by atoms with Crippen LogP contribution in [0, 0.1) is 0 Å². The van der Waals surface area contributed by atoms with E-state index in [2.05, 4.69) is 0 Å². The number of benzene rings is 1. The number of rotatable bonds is 2. The fourth-order valence-corrected chi connectivity index (χ4v) is 3.08. The van der Waals surface area contributed by atoms with E-state index in [9.17, 15) is 22.6 Å². The molecular weight excluding hydrogens is 260 g/mol. The first kappa shape index (κ1) is 12.8. The van der Waals surface area contributed by atoms with E-state index >= 15 is 0 Å². The van der Waals surface area contributed by atoms with Crippen LogP contribution in [-0.2, 0) is 10.3 Å². The van der Waals surface area contributed by atoms with Crippen LogP contribution < -0.4 is 0 Å². The van der Waals surface area contributed by atoms with Gasteiger partial charge in [-0.15, -0.1) is 13.4 Å². The van der Waals surface area contributed by atoms with Crippen molar-refractivity contribution >= 4 is 22.1 Å². The first-order valence-corrected chi connectivity index (χ1v) is 6.37. The molecular formula is C10H11N2O5S+. The van der Waals surface area contributed by atoms with Gasteiger partial charge in [0.05, 0.1) is 0 Å². The van der Waals surface area contributed by atoms with Gasteiger partial charge in [-0.3, -0.25) is 0 Å². The van der Waals surface area contributed by atoms with Crippen LogP contribution in [0.1, 0.15) is 20.7 Å². The van der Waals surface area contributed by atoms with Gasteiger partial charge in [0.15, 0.2) is 0 Å². The highest BCUT2D eigenvalue weighted by Gasteiger charge is 2.65. The van der Waals surface area contributed by atoms with E-state index in [0.29, 0.717) is 0 Å². The van der Waals surface area contributed by atoms with Crippen LogP contribution in [0.4, 0.5) is 0 Å². The Morgan fingerprint density at radius 3 is 1.72 bits per heavy atom.